The van der Waals surface area contributed by atoms with Gasteiger partial charge in [0.05, 0.1) is 14.4 Å². The number of halogens is 2. The minimum absolute atomic E-state index is 0.0594. The summed E-state index contributed by atoms with van der Waals surface area (Å²) < 4.78 is 37.7. The zero-order chi connectivity index (χ0) is 16.2. The van der Waals surface area contributed by atoms with Gasteiger partial charge in [-0.15, -0.1) is 0 Å². The zero-order valence-electron chi connectivity index (χ0n) is 12.8. The van der Waals surface area contributed by atoms with Crippen LogP contribution in [0.4, 0.5) is 0 Å². The van der Waals surface area contributed by atoms with E-state index in [1.54, 1.807) is 18.2 Å². The van der Waals surface area contributed by atoms with E-state index in [4.69, 9.17) is 9.90 Å². The minimum atomic E-state index is -0.327. The molecule has 0 radical (unpaired) electrons. The van der Waals surface area contributed by atoms with Gasteiger partial charge in [-0.2, -0.15) is 0 Å². The number of rotatable bonds is 1. The van der Waals surface area contributed by atoms with Crippen molar-refractivity contribution >= 4 is 42.8 Å². The lowest BCUT2D eigenvalue weighted by Gasteiger charge is -2.03. The Hall–Kier alpha value is -1.26. The van der Waals surface area contributed by atoms with Gasteiger partial charge in [0.15, 0.2) is 0 Å². The predicted molar refractivity (Wildman–Crippen MR) is 78.7 cm³/mol. The number of aromatic hydroxyl groups is 1. The molecule has 1 N–H and O–H groups in total. The van der Waals surface area contributed by atoms with Crippen LogP contribution >= 0.6 is 31.9 Å². The lowest BCUT2D eigenvalue weighted by atomic mass is 10.1. The zero-order valence-corrected chi connectivity index (χ0v) is 12.0. The summed E-state index contributed by atoms with van der Waals surface area (Å²) >= 11 is 6.47. The van der Waals surface area contributed by atoms with E-state index in [0.29, 0.717) is 25.7 Å². The van der Waals surface area contributed by atoms with Crippen molar-refractivity contribution in [1.82, 2.24) is 0 Å². The molecule has 0 saturated heterocycles. The Bertz CT molecular complexity index is 853. The van der Waals surface area contributed by atoms with Gasteiger partial charge in [-0.1, -0.05) is 18.1 Å². The van der Waals surface area contributed by atoms with Crippen LogP contribution in [0.1, 0.15) is 5.48 Å². The van der Waals surface area contributed by atoms with E-state index in [1.807, 2.05) is 0 Å². The van der Waals surface area contributed by atoms with Gasteiger partial charge in [-0.25, -0.2) is 0 Å². The molecule has 0 atom stereocenters. The van der Waals surface area contributed by atoms with Crippen LogP contribution in [0.15, 0.2) is 55.7 Å². The third kappa shape index (κ3) is 1.95. The van der Waals surface area contributed by atoms with E-state index in [1.165, 1.54) is 0 Å². The number of hydrogen-bond acceptors (Lipinski definition) is 2. The van der Waals surface area contributed by atoms with Gasteiger partial charge in [0.25, 0.3) is 0 Å². The lowest BCUT2D eigenvalue weighted by Crippen LogP contribution is -1.77. The third-order valence-electron chi connectivity index (χ3n) is 2.47. The van der Waals surface area contributed by atoms with E-state index < -0.39 is 0 Å². The maximum absolute atomic E-state index is 9.74. The van der Waals surface area contributed by atoms with Crippen molar-refractivity contribution in [1.29, 1.82) is 0 Å². The molecule has 0 saturated carbocycles. The first-order valence-corrected chi connectivity index (χ1v) is 6.58. The quantitative estimate of drug-likeness (QED) is 0.627. The van der Waals surface area contributed by atoms with Crippen LogP contribution in [0.2, 0.25) is 0 Å². The fourth-order valence-corrected chi connectivity index (χ4v) is 2.80. The van der Waals surface area contributed by atoms with Crippen LogP contribution in [0, 0.1) is 0 Å². The summed E-state index contributed by atoms with van der Waals surface area (Å²) in [6.07, 6.45) is 0. The molecule has 0 fully saturated rings. The molecule has 0 aliphatic carbocycles. The number of phenols is 1. The highest BCUT2D eigenvalue weighted by Crippen LogP contribution is 2.38. The molecular formula is C14H8Br2O2. The molecule has 2 aromatic carbocycles. The molecule has 1 aromatic heterocycles. The van der Waals surface area contributed by atoms with E-state index in [0.717, 1.165) is 0 Å². The topological polar surface area (TPSA) is 33.4 Å². The highest BCUT2D eigenvalue weighted by Gasteiger charge is 2.11. The van der Waals surface area contributed by atoms with Crippen molar-refractivity contribution in [3.63, 3.8) is 0 Å². The number of furan rings is 1. The molecule has 0 aliphatic heterocycles. The summed E-state index contributed by atoms with van der Waals surface area (Å²) in [4.78, 5) is 0. The van der Waals surface area contributed by atoms with Crippen molar-refractivity contribution in [2.45, 2.75) is 0 Å². The monoisotopic (exact) mass is 370 g/mol. The number of phenolic OH excluding ortho intramolecular Hbond substituents is 1. The van der Waals surface area contributed by atoms with Gasteiger partial charge in [-0.05, 0) is 56.1 Å². The SMILES string of the molecule is [2H]c1c([2H])c([2H])c2oc(-c3cc(Br)c(O)c(Br)c3)cc2c1[2H]. The molecule has 0 unspecified atom stereocenters. The van der Waals surface area contributed by atoms with Crippen LogP contribution in [-0.4, -0.2) is 5.11 Å². The van der Waals surface area contributed by atoms with Crippen molar-refractivity contribution in [2.24, 2.45) is 0 Å². The van der Waals surface area contributed by atoms with Gasteiger partial charge in [0, 0.05) is 10.9 Å². The van der Waals surface area contributed by atoms with Crippen molar-refractivity contribution in [3.05, 3.63) is 51.3 Å². The highest BCUT2D eigenvalue weighted by atomic mass is 79.9. The normalized spacial score (nSPS) is 14.1. The third-order valence-corrected chi connectivity index (χ3v) is 3.68. The molecule has 90 valence electrons. The molecule has 4 heteroatoms. The van der Waals surface area contributed by atoms with Crippen LogP contribution in [0.3, 0.4) is 0 Å². The Morgan fingerprint density at radius 2 is 1.72 bits per heavy atom. The van der Waals surface area contributed by atoms with Gasteiger partial charge < -0.3 is 9.52 Å². The molecule has 0 spiro atoms. The van der Waals surface area contributed by atoms with Crippen LogP contribution in [-0.2, 0) is 0 Å². The average Bonchev–Trinajstić information content (AvgIpc) is 2.93. The van der Waals surface area contributed by atoms with Gasteiger partial charge >= 0.3 is 0 Å². The summed E-state index contributed by atoms with van der Waals surface area (Å²) in [5, 5.41) is 10.1. The van der Waals surface area contributed by atoms with Crippen LogP contribution in [0.5, 0.6) is 5.75 Å². The Labute approximate surface area is 126 Å². The maximum Gasteiger partial charge on any atom is 0.143 e. The summed E-state index contributed by atoms with van der Waals surface area (Å²) in [5.74, 6) is 0.451. The molecule has 0 bridgehead atoms. The molecule has 0 aliphatic rings. The lowest BCUT2D eigenvalue weighted by molar-refractivity contribution is 0.468. The van der Waals surface area contributed by atoms with E-state index in [-0.39, 0.29) is 35.5 Å². The first-order valence-electron chi connectivity index (χ1n) is 6.99. The highest BCUT2D eigenvalue weighted by molar-refractivity contribution is 9.11. The Morgan fingerprint density at radius 3 is 2.44 bits per heavy atom. The van der Waals surface area contributed by atoms with Crippen molar-refractivity contribution in [2.75, 3.05) is 0 Å². The molecule has 0 amide bonds. The Balaban J connectivity index is 2.30. The smallest absolute Gasteiger partial charge is 0.143 e. The Kier molecular flexibility index (Phi) is 1.98. The summed E-state index contributed by atoms with van der Waals surface area (Å²) in [7, 11) is 0. The largest absolute Gasteiger partial charge is 0.506 e. The molecule has 18 heavy (non-hydrogen) atoms. The number of fused-ring (bicyclic) bond motifs is 1. The second kappa shape index (κ2) is 4.44. The second-order valence-electron chi connectivity index (χ2n) is 3.64. The van der Waals surface area contributed by atoms with Gasteiger partial charge in [-0.3, -0.25) is 0 Å². The fourth-order valence-electron chi connectivity index (χ4n) is 1.61. The number of hydrogen-bond donors (Lipinski definition) is 1. The molecule has 3 aromatic rings. The maximum atomic E-state index is 9.74. The predicted octanol–water partition coefficient (Wildman–Crippen LogP) is 5.33. The molecule has 2 nitrogen and oxygen atoms in total. The van der Waals surface area contributed by atoms with Crippen molar-refractivity contribution in [3.8, 4) is 17.1 Å². The van der Waals surface area contributed by atoms with E-state index in [2.05, 4.69) is 31.9 Å². The average molecular weight is 372 g/mol. The molecule has 1 heterocycles. The summed E-state index contributed by atoms with van der Waals surface area (Å²) in [6.45, 7) is 0. The van der Waals surface area contributed by atoms with E-state index >= 15 is 0 Å². The second-order valence-corrected chi connectivity index (χ2v) is 5.35. The molecular weight excluding hydrogens is 360 g/mol. The fraction of sp³-hybridized carbons (Fsp3) is 0. The summed E-state index contributed by atoms with van der Waals surface area (Å²) in [6, 6.07) is 3.90. The first kappa shape index (κ1) is 8.02. The minimum Gasteiger partial charge on any atom is -0.506 e. The van der Waals surface area contributed by atoms with Gasteiger partial charge in [0.1, 0.15) is 17.1 Å². The standard InChI is InChI=1S/C14H8Br2O2/c15-10-5-9(6-11(16)14(10)17)13-7-8-3-1-2-4-12(8)18-13/h1-7,17H/i1D,2D,3D,4D. The number of para-hydroxylation sites is 1. The van der Waals surface area contributed by atoms with E-state index in [9.17, 15) is 5.11 Å². The summed E-state index contributed by atoms with van der Waals surface area (Å²) in [5.41, 5.74) is 0.742. The molecule has 3 rings (SSSR count). The van der Waals surface area contributed by atoms with Crippen LogP contribution in [0.25, 0.3) is 22.3 Å². The number of benzene rings is 2. The van der Waals surface area contributed by atoms with Gasteiger partial charge in [0.2, 0.25) is 0 Å². The van der Waals surface area contributed by atoms with Crippen molar-refractivity contribution < 1.29 is 15.0 Å². The first-order chi connectivity index (χ1) is 10.3. The Morgan fingerprint density at radius 1 is 1.06 bits per heavy atom. The van der Waals surface area contributed by atoms with Crippen LogP contribution < -0.4 is 0 Å².